The summed E-state index contributed by atoms with van der Waals surface area (Å²) in [4.78, 5) is 10.8. The Kier molecular flexibility index (Phi) is 7.69. The summed E-state index contributed by atoms with van der Waals surface area (Å²) < 4.78 is 11.3. The first-order chi connectivity index (χ1) is 14.6. The van der Waals surface area contributed by atoms with E-state index >= 15 is 0 Å². The zero-order chi connectivity index (χ0) is 21.3. The second-order valence-corrected chi connectivity index (χ2v) is 7.49. The molecule has 2 heterocycles. The van der Waals surface area contributed by atoms with Crippen LogP contribution in [0.2, 0.25) is 0 Å². The number of hydrogen-bond acceptors (Lipinski definition) is 8. The topological polar surface area (TPSA) is 109 Å². The number of ether oxygens (including phenoxy) is 2. The number of rotatable bonds is 9. The zero-order valence-electron chi connectivity index (χ0n) is 17.7. The zero-order valence-corrected chi connectivity index (χ0v) is 17.7. The van der Waals surface area contributed by atoms with Crippen molar-refractivity contribution >= 4 is 11.8 Å². The number of nitrogens with zero attached hydrogens (tertiary/aromatic N) is 4. The predicted octanol–water partition coefficient (Wildman–Crippen LogP) is 3.19. The number of anilines is 2. The van der Waals surface area contributed by atoms with Crippen LogP contribution >= 0.6 is 0 Å². The maximum Gasteiger partial charge on any atom is 0.224 e. The minimum atomic E-state index is 0.212. The van der Waals surface area contributed by atoms with Gasteiger partial charge in [-0.3, -0.25) is 4.90 Å². The van der Waals surface area contributed by atoms with Crippen molar-refractivity contribution in [1.29, 1.82) is 5.26 Å². The van der Waals surface area contributed by atoms with Gasteiger partial charge < -0.3 is 20.5 Å². The summed E-state index contributed by atoms with van der Waals surface area (Å²) >= 11 is 0. The number of methoxy groups -OCH3 is 1. The highest BCUT2D eigenvalue weighted by atomic mass is 16.5. The molecule has 0 atom stereocenters. The van der Waals surface area contributed by atoms with E-state index in [1.165, 1.54) is 11.8 Å². The molecule has 0 amide bonds. The average molecular weight is 411 g/mol. The van der Waals surface area contributed by atoms with Crippen molar-refractivity contribution in [3.05, 3.63) is 35.5 Å². The molecule has 2 aromatic rings. The maximum absolute atomic E-state index is 8.93. The molecule has 3 N–H and O–H groups in total. The summed E-state index contributed by atoms with van der Waals surface area (Å²) in [6.45, 7) is 5.68. The van der Waals surface area contributed by atoms with E-state index in [0.717, 1.165) is 56.8 Å². The molecule has 1 aliphatic rings. The fraction of sp³-hybridized carbons (Fsp3) is 0.500. The van der Waals surface area contributed by atoms with Gasteiger partial charge in [-0.05, 0) is 37.0 Å². The van der Waals surface area contributed by atoms with Crippen molar-refractivity contribution in [2.75, 3.05) is 37.9 Å². The number of nitriles is 1. The van der Waals surface area contributed by atoms with Gasteiger partial charge >= 0.3 is 0 Å². The molecule has 1 aliphatic heterocycles. The lowest BCUT2D eigenvalue weighted by Gasteiger charge is -2.32. The number of piperidine rings is 1. The lowest BCUT2D eigenvalue weighted by Crippen LogP contribution is -2.39. The number of likely N-dealkylation sites (tertiary alicyclic amines) is 1. The normalized spacial score (nSPS) is 14.8. The number of nitrogen functional groups attached to an aromatic ring is 1. The Hall–Kier alpha value is -3.05. The Morgan fingerprint density at radius 1 is 1.30 bits per heavy atom. The van der Waals surface area contributed by atoms with E-state index in [9.17, 15) is 0 Å². The van der Waals surface area contributed by atoms with Gasteiger partial charge in [0, 0.05) is 25.7 Å². The largest absolute Gasteiger partial charge is 0.493 e. The predicted molar refractivity (Wildman–Crippen MR) is 116 cm³/mol. The van der Waals surface area contributed by atoms with Crippen molar-refractivity contribution in [2.45, 2.75) is 45.2 Å². The van der Waals surface area contributed by atoms with Crippen LogP contribution in [0.1, 0.15) is 43.7 Å². The molecule has 0 unspecified atom stereocenters. The molecule has 1 aromatic carbocycles. The average Bonchev–Trinajstić information content (AvgIpc) is 2.76. The van der Waals surface area contributed by atoms with Gasteiger partial charge in [0.2, 0.25) is 5.95 Å². The first kappa shape index (κ1) is 21.7. The van der Waals surface area contributed by atoms with Gasteiger partial charge in [0.1, 0.15) is 17.5 Å². The first-order valence-corrected chi connectivity index (χ1v) is 10.4. The molecule has 3 rings (SSSR count). The third kappa shape index (κ3) is 5.74. The third-order valence-corrected chi connectivity index (χ3v) is 5.25. The molecular formula is C22H30N6O2. The van der Waals surface area contributed by atoms with Crippen LogP contribution in [0.4, 0.5) is 11.8 Å². The SMILES string of the molecule is CCCCOc1cc(CN2CCC(Nc3ncc(C#N)c(N)n3)CC2)ccc1OC. The van der Waals surface area contributed by atoms with Gasteiger partial charge in [0.05, 0.1) is 19.9 Å². The number of unbranched alkanes of at least 4 members (excludes halogenated alkanes) is 1. The molecule has 0 aliphatic carbocycles. The number of aromatic nitrogens is 2. The lowest BCUT2D eigenvalue weighted by atomic mass is 10.0. The van der Waals surface area contributed by atoms with Crippen LogP contribution in [0.5, 0.6) is 11.5 Å². The Bertz CT molecular complexity index is 874. The Morgan fingerprint density at radius 3 is 2.77 bits per heavy atom. The van der Waals surface area contributed by atoms with Crippen LogP contribution < -0.4 is 20.5 Å². The highest BCUT2D eigenvalue weighted by molar-refractivity contribution is 5.50. The smallest absolute Gasteiger partial charge is 0.224 e. The van der Waals surface area contributed by atoms with Crippen molar-refractivity contribution in [2.24, 2.45) is 0 Å². The molecular weight excluding hydrogens is 380 g/mol. The molecule has 1 saturated heterocycles. The van der Waals surface area contributed by atoms with Crippen molar-refractivity contribution < 1.29 is 9.47 Å². The fourth-order valence-corrected chi connectivity index (χ4v) is 3.49. The fourth-order valence-electron chi connectivity index (χ4n) is 3.49. The summed E-state index contributed by atoms with van der Waals surface area (Å²) in [6.07, 6.45) is 5.57. The van der Waals surface area contributed by atoms with Crippen LogP contribution in [0, 0.1) is 11.3 Å². The van der Waals surface area contributed by atoms with Crippen LogP contribution in [0.3, 0.4) is 0 Å². The second kappa shape index (κ2) is 10.6. The minimum Gasteiger partial charge on any atom is -0.493 e. The standard InChI is InChI=1S/C22H30N6O2/c1-3-4-11-30-20-12-16(5-6-19(20)29-2)15-28-9-7-18(8-10-28)26-22-25-14-17(13-23)21(24)27-22/h5-6,12,14,18H,3-4,7-11,15H2,1-2H3,(H3,24,25,26,27). The molecule has 160 valence electrons. The van der Waals surface area contributed by atoms with Crippen molar-refractivity contribution in [3.8, 4) is 17.6 Å². The minimum absolute atomic E-state index is 0.212. The maximum atomic E-state index is 8.93. The molecule has 0 bridgehead atoms. The highest BCUT2D eigenvalue weighted by Crippen LogP contribution is 2.29. The number of benzene rings is 1. The molecule has 1 aromatic heterocycles. The van der Waals surface area contributed by atoms with Gasteiger partial charge in [0.15, 0.2) is 11.5 Å². The Balaban J connectivity index is 1.52. The monoisotopic (exact) mass is 410 g/mol. The summed E-state index contributed by atoms with van der Waals surface area (Å²) in [5.41, 5.74) is 7.29. The highest BCUT2D eigenvalue weighted by Gasteiger charge is 2.20. The van der Waals surface area contributed by atoms with Crippen LogP contribution in [0.15, 0.2) is 24.4 Å². The molecule has 8 nitrogen and oxygen atoms in total. The molecule has 8 heteroatoms. The number of nitrogens with two attached hydrogens (primary N) is 1. The molecule has 0 radical (unpaired) electrons. The third-order valence-electron chi connectivity index (χ3n) is 5.25. The van der Waals surface area contributed by atoms with E-state index in [-0.39, 0.29) is 11.9 Å². The molecule has 0 saturated carbocycles. The van der Waals surface area contributed by atoms with Crippen LogP contribution in [-0.4, -0.2) is 47.7 Å². The quantitative estimate of drug-likeness (QED) is 0.607. The van der Waals surface area contributed by atoms with Gasteiger partial charge in [-0.15, -0.1) is 0 Å². The van der Waals surface area contributed by atoms with Gasteiger partial charge in [-0.1, -0.05) is 19.4 Å². The lowest BCUT2D eigenvalue weighted by molar-refractivity contribution is 0.210. The van der Waals surface area contributed by atoms with Crippen molar-refractivity contribution in [1.82, 2.24) is 14.9 Å². The number of hydrogen-bond donors (Lipinski definition) is 2. The summed E-state index contributed by atoms with van der Waals surface area (Å²) in [5.74, 6) is 2.29. The summed E-state index contributed by atoms with van der Waals surface area (Å²) in [6, 6.07) is 8.44. The number of nitrogens with one attached hydrogen (secondary N) is 1. The Morgan fingerprint density at radius 2 is 2.10 bits per heavy atom. The van der Waals surface area contributed by atoms with Gasteiger partial charge in [-0.25, -0.2) is 4.98 Å². The van der Waals surface area contributed by atoms with E-state index in [0.29, 0.717) is 18.1 Å². The first-order valence-electron chi connectivity index (χ1n) is 10.4. The van der Waals surface area contributed by atoms with Crippen LogP contribution in [-0.2, 0) is 6.54 Å². The Labute approximate surface area is 178 Å². The van der Waals surface area contributed by atoms with Gasteiger partial charge in [-0.2, -0.15) is 10.2 Å². The van der Waals surface area contributed by atoms with Gasteiger partial charge in [0.25, 0.3) is 0 Å². The van der Waals surface area contributed by atoms with E-state index in [4.69, 9.17) is 20.5 Å². The van der Waals surface area contributed by atoms with E-state index in [1.807, 2.05) is 12.1 Å². The van der Waals surface area contributed by atoms with Crippen LogP contribution in [0.25, 0.3) is 0 Å². The van der Waals surface area contributed by atoms with Crippen molar-refractivity contribution in [3.63, 3.8) is 0 Å². The van der Waals surface area contributed by atoms with E-state index in [2.05, 4.69) is 39.2 Å². The van der Waals surface area contributed by atoms with E-state index in [1.54, 1.807) is 7.11 Å². The molecule has 1 fully saturated rings. The molecule has 30 heavy (non-hydrogen) atoms. The second-order valence-electron chi connectivity index (χ2n) is 7.49. The summed E-state index contributed by atoms with van der Waals surface area (Å²) in [7, 11) is 1.67. The summed E-state index contributed by atoms with van der Waals surface area (Å²) in [5, 5.41) is 12.3. The van der Waals surface area contributed by atoms with E-state index < -0.39 is 0 Å². The molecule has 0 spiro atoms.